The zero-order valence-corrected chi connectivity index (χ0v) is 39.8. The van der Waals surface area contributed by atoms with E-state index in [0.29, 0.717) is 74.5 Å². The summed E-state index contributed by atoms with van der Waals surface area (Å²) in [5, 5.41) is 36.1. The summed E-state index contributed by atoms with van der Waals surface area (Å²) in [7, 11) is 3.37. The maximum atomic E-state index is 16.5. The summed E-state index contributed by atoms with van der Waals surface area (Å²) in [4.78, 5) is 26.5. The fourth-order valence-corrected chi connectivity index (χ4v) is 16.8. The molecule has 0 spiro atoms. The van der Waals surface area contributed by atoms with Crippen LogP contribution in [0.15, 0.2) is 41.0 Å². The maximum Gasteiger partial charge on any atom is 0.305 e. The van der Waals surface area contributed by atoms with Gasteiger partial charge in [-0.25, -0.2) is 4.39 Å². The number of anilines is 1. The molecule has 8 aliphatic rings. The lowest BCUT2D eigenvalue weighted by Gasteiger charge is -2.63. The molecule has 0 radical (unpaired) electrons. The minimum Gasteiger partial charge on any atom is -0.469 e. The van der Waals surface area contributed by atoms with Gasteiger partial charge in [0.2, 0.25) is 0 Å². The Kier molecular flexibility index (Phi) is 12.4. The highest BCUT2D eigenvalue weighted by Crippen LogP contribution is 2.69. The molecule has 1 aromatic rings. The van der Waals surface area contributed by atoms with E-state index in [1.165, 1.54) is 23.8 Å². The second kappa shape index (κ2) is 17.2. The molecular formula is C55H76FNO7. The van der Waals surface area contributed by atoms with Gasteiger partial charge in [-0.3, -0.25) is 9.59 Å². The van der Waals surface area contributed by atoms with Crippen molar-refractivity contribution >= 4 is 17.4 Å². The number of fused-ring (bicyclic) bond motifs is 9. The molecule has 1 aromatic carbocycles. The second-order valence-electron chi connectivity index (χ2n) is 22.9. The lowest BCUT2D eigenvalue weighted by atomic mass is 9.43. The van der Waals surface area contributed by atoms with Crippen LogP contribution in [0.5, 0.6) is 0 Å². The quantitative estimate of drug-likeness (QED) is 0.157. The van der Waals surface area contributed by atoms with Crippen molar-refractivity contribution in [2.24, 2.45) is 63.6 Å². The number of ketones is 1. The predicted molar refractivity (Wildman–Crippen MR) is 246 cm³/mol. The SMILES string of the molecule is CC#C[C@]1(O)CCC2C3CC=C4CC(=O)CCC4=C3[C@@H](c3ccc(N(C)CCO[C@H]4CC[C@@]5(C)[C@@H](C4)C[C@@H](O)[C@@H]4[C@@H]5C[C@H](O)[C@]5(C)C([C@H](C)CCC(=O)OC)CC[C@@H]45)c(F)c3)C[C@@]21C. The Bertz CT molecular complexity index is 2120. The number of likely N-dealkylation sites (N-methyl/N-ethyl adjacent to an activating group) is 1. The second-order valence-corrected chi connectivity index (χ2v) is 22.9. The predicted octanol–water partition coefficient (Wildman–Crippen LogP) is 9.49. The van der Waals surface area contributed by atoms with Crippen LogP contribution < -0.4 is 4.90 Å². The molecule has 16 atom stereocenters. The van der Waals surface area contributed by atoms with Gasteiger partial charge < -0.3 is 29.7 Å². The first-order valence-corrected chi connectivity index (χ1v) is 25.1. The molecule has 350 valence electrons. The smallest absolute Gasteiger partial charge is 0.305 e. The van der Waals surface area contributed by atoms with E-state index in [-0.39, 0.29) is 64.2 Å². The van der Waals surface area contributed by atoms with Crippen molar-refractivity contribution in [2.45, 2.75) is 167 Å². The van der Waals surface area contributed by atoms with Crippen LogP contribution in [0, 0.1) is 81.2 Å². The standard InChI is InChI=1S/C55H76FNO7/c1-8-21-55(62)23-20-42-39-13-10-33-26-36(58)12-14-38(33)50(39)40(31-53(42,55)4)34-11-17-46(45(56)27-34)57(6)24-25-64-37-19-22-52(3)35(28-37)29-47(59)51-43-16-15-41(32(2)9-18-49(61)63-7)54(43,5)48(60)30-44(51)52/h10-11,17,27,32,35,37,39-44,47-48,51,59-60,62H,9,12-16,18-20,22-26,28-31H2,1-7H3/t32-,35+,37+,39?,40-,41?,42?,43+,44+,47-,48+,51+,52+,53+,54-,55+/m1/s1. The first kappa shape index (κ1) is 46.1. The average Bonchev–Trinajstić information content (AvgIpc) is 3.76. The van der Waals surface area contributed by atoms with E-state index >= 15 is 4.39 Å². The van der Waals surface area contributed by atoms with Crippen LogP contribution in [0.2, 0.25) is 0 Å². The van der Waals surface area contributed by atoms with E-state index in [0.717, 1.165) is 76.2 Å². The molecule has 0 heterocycles. The number of aliphatic hydroxyl groups excluding tert-OH is 2. The van der Waals surface area contributed by atoms with E-state index in [4.69, 9.17) is 9.47 Å². The van der Waals surface area contributed by atoms with E-state index < -0.39 is 23.2 Å². The first-order chi connectivity index (χ1) is 30.5. The largest absolute Gasteiger partial charge is 0.469 e. The Morgan fingerprint density at radius 3 is 2.58 bits per heavy atom. The summed E-state index contributed by atoms with van der Waals surface area (Å²) in [6, 6.07) is 5.73. The van der Waals surface area contributed by atoms with Gasteiger partial charge in [0.25, 0.3) is 0 Å². The van der Waals surface area contributed by atoms with Gasteiger partial charge in [-0.1, -0.05) is 51.3 Å². The van der Waals surface area contributed by atoms with Gasteiger partial charge in [-0.05, 0) is 177 Å². The number of hydrogen-bond donors (Lipinski definition) is 3. The molecule has 0 bridgehead atoms. The van der Waals surface area contributed by atoms with Crippen LogP contribution >= 0.6 is 0 Å². The summed E-state index contributed by atoms with van der Waals surface area (Å²) >= 11 is 0. The Morgan fingerprint density at radius 1 is 1.03 bits per heavy atom. The molecule has 0 amide bonds. The topological polar surface area (TPSA) is 117 Å². The number of carbonyl (C=O) groups is 2. The number of hydrogen-bond acceptors (Lipinski definition) is 8. The third kappa shape index (κ3) is 7.37. The number of rotatable bonds is 10. The van der Waals surface area contributed by atoms with Gasteiger partial charge in [-0.15, -0.1) is 5.92 Å². The first-order valence-electron chi connectivity index (χ1n) is 25.1. The van der Waals surface area contributed by atoms with Crippen LogP contribution in [-0.4, -0.2) is 78.3 Å². The minimum absolute atomic E-state index is 0.0273. The Hall–Kier alpha value is -3.03. The fourth-order valence-electron chi connectivity index (χ4n) is 16.8. The molecule has 8 nitrogen and oxygen atoms in total. The van der Waals surface area contributed by atoms with E-state index in [1.807, 2.05) is 18.0 Å². The van der Waals surface area contributed by atoms with E-state index in [1.54, 1.807) is 13.0 Å². The van der Waals surface area contributed by atoms with E-state index in [9.17, 15) is 24.9 Å². The van der Waals surface area contributed by atoms with Gasteiger partial charge in [0.15, 0.2) is 0 Å². The van der Waals surface area contributed by atoms with Crippen molar-refractivity contribution in [3.8, 4) is 11.8 Å². The van der Waals surface area contributed by atoms with Crippen LogP contribution in [0.4, 0.5) is 10.1 Å². The van der Waals surface area contributed by atoms with Gasteiger partial charge in [0, 0.05) is 44.2 Å². The number of nitrogens with zero attached hydrogens (tertiary/aromatic N) is 1. The zero-order valence-electron chi connectivity index (χ0n) is 39.8. The summed E-state index contributed by atoms with van der Waals surface area (Å²) in [5.41, 5.74) is 3.56. The van der Waals surface area contributed by atoms with Crippen molar-refractivity contribution in [1.29, 1.82) is 0 Å². The molecule has 3 N–H and O–H groups in total. The van der Waals surface area contributed by atoms with Crippen molar-refractivity contribution in [2.75, 3.05) is 32.2 Å². The molecule has 9 heteroatoms. The Morgan fingerprint density at radius 2 is 1.83 bits per heavy atom. The number of esters is 1. The van der Waals surface area contributed by atoms with Crippen molar-refractivity contribution in [3.05, 3.63) is 52.4 Å². The molecule has 3 unspecified atom stereocenters. The molecule has 7 saturated carbocycles. The number of aliphatic hydroxyl groups is 3. The van der Waals surface area contributed by atoms with Gasteiger partial charge >= 0.3 is 5.97 Å². The number of benzene rings is 1. The summed E-state index contributed by atoms with van der Waals surface area (Å²) in [6.45, 7) is 12.0. The number of carbonyl (C=O) groups excluding carboxylic acids is 2. The Balaban J connectivity index is 0.849. The van der Waals surface area contributed by atoms with Gasteiger partial charge in [-0.2, -0.15) is 0 Å². The van der Waals surface area contributed by atoms with Gasteiger partial charge in [0.1, 0.15) is 17.2 Å². The molecule has 7 fully saturated rings. The van der Waals surface area contributed by atoms with Crippen molar-refractivity contribution in [1.82, 2.24) is 0 Å². The number of methoxy groups -OCH3 is 1. The normalized spacial score (nSPS) is 42.7. The van der Waals surface area contributed by atoms with Crippen LogP contribution in [-0.2, 0) is 19.1 Å². The lowest BCUT2D eigenvalue weighted by Crippen LogP contribution is -2.62. The number of Topliss-reactive ketones (excluding diaryl/α,β-unsaturated/α-hetero) is 1. The van der Waals surface area contributed by atoms with Crippen LogP contribution in [0.1, 0.15) is 149 Å². The molecule has 0 aromatic heterocycles. The lowest BCUT2D eigenvalue weighted by molar-refractivity contribution is -0.209. The number of ether oxygens (including phenoxy) is 2. The highest BCUT2D eigenvalue weighted by atomic mass is 19.1. The highest BCUT2D eigenvalue weighted by molar-refractivity contribution is 5.84. The monoisotopic (exact) mass is 882 g/mol. The van der Waals surface area contributed by atoms with Crippen LogP contribution in [0.3, 0.4) is 0 Å². The summed E-state index contributed by atoms with van der Waals surface area (Å²) in [6.07, 6.45) is 13.9. The number of allylic oxidation sites excluding steroid dienone is 4. The molecule has 0 aliphatic heterocycles. The average molecular weight is 882 g/mol. The molecule has 64 heavy (non-hydrogen) atoms. The third-order valence-electron chi connectivity index (χ3n) is 20.3. The minimum atomic E-state index is -1.09. The van der Waals surface area contributed by atoms with Crippen molar-refractivity contribution in [3.63, 3.8) is 0 Å². The summed E-state index contributed by atoms with van der Waals surface area (Å²) < 4.78 is 28.0. The Labute approximate surface area is 382 Å². The van der Waals surface area contributed by atoms with Crippen molar-refractivity contribution < 1.29 is 38.8 Å². The fraction of sp³-hybridized carbons (Fsp3) is 0.745. The highest BCUT2D eigenvalue weighted by Gasteiger charge is 2.66. The third-order valence-corrected chi connectivity index (χ3v) is 20.3. The zero-order chi connectivity index (χ0) is 45.5. The molecule has 9 rings (SSSR count). The maximum absolute atomic E-state index is 16.5. The molecule has 0 saturated heterocycles. The van der Waals surface area contributed by atoms with Gasteiger partial charge in [0.05, 0.1) is 37.7 Å². The summed E-state index contributed by atoms with van der Waals surface area (Å²) in [5.74, 6) is 8.18. The molecule has 8 aliphatic carbocycles. The van der Waals surface area contributed by atoms with E-state index in [2.05, 4.69) is 51.7 Å². The number of halogens is 1. The van der Waals surface area contributed by atoms with Crippen LogP contribution in [0.25, 0.3) is 0 Å². The molecular weight excluding hydrogens is 806 g/mol.